The Hall–Kier alpha value is -2.75. The molecule has 1 aliphatic carbocycles. The van der Waals surface area contributed by atoms with Gasteiger partial charge in [0.25, 0.3) is 0 Å². The topological polar surface area (TPSA) is 9.23 Å². The minimum atomic E-state index is -2.87. The average molecular weight is 410 g/mol. The van der Waals surface area contributed by atoms with Crippen LogP contribution in [-0.2, 0) is 19.3 Å². The van der Waals surface area contributed by atoms with Gasteiger partial charge in [0, 0.05) is 5.56 Å². The summed E-state index contributed by atoms with van der Waals surface area (Å²) >= 11 is 0. The molecule has 0 aliphatic heterocycles. The van der Waals surface area contributed by atoms with Crippen molar-refractivity contribution in [2.24, 2.45) is 0 Å². The third kappa shape index (κ3) is 4.38. The van der Waals surface area contributed by atoms with Crippen LogP contribution in [0, 0.1) is 5.82 Å². The molecule has 3 aromatic rings. The molecule has 1 nitrogen and oxygen atoms in total. The third-order valence-electron chi connectivity index (χ3n) is 5.78. The zero-order valence-electron chi connectivity index (χ0n) is 17.1. The van der Waals surface area contributed by atoms with Gasteiger partial charge in [0.1, 0.15) is 11.6 Å². The zero-order chi connectivity index (χ0) is 21.1. The van der Waals surface area contributed by atoms with Crippen LogP contribution in [0.5, 0.6) is 5.75 Å². The molecule has 156 valence electrons. The molecule has 0 amide bonds. The first-order chi connectivity index (χ1) is 14.5. The lowest BCUT2D eigenvalue weighted by atomic mass is 9.83. The van der Waals surface area contributed by atoms with Crippen molar-refractivity contribution in [3.05, 3.63) is 77.1 Å². The Morgan fingerprint density at radius 1 is 0.833 bits per heavy atom. The lowest BCUT2D eigenvalue weighted by Crippen LogP contribution is -2.06. The first-order valence-corrected chi connectivity index (χ1v) is 10.5. The van der Waals surface area contributed by atoms with E-state index < -0.39 is 6.61 Å². The number of hydrogen-bond donors (Lipinski definition) is 0. The van der Waals surface area contributed by atoms with E-state index in [1.807, 2.05) is 6.07 Å². The highest BCUT2D eigenvalue weighted by molar-refractivity contribution is 5.78. The molecule has 0 N–H and O–H groups in total. The molecule has 30 heavy (non-hydrogen) atoms. The summed E-state index contributed by atoms with van der Waals surface area (Å²) in [6.45, 7) is -0.665. The second kappa shape index (κ2) is 8.95. The molecule has 4 rings (SSSR count). The van der Waals surface area contributed by atoms with Crippen LogP contribution in [0.3, 0.4) is 0 Å². The van der Waals surface area contributed by atoms with Crippen molar-refractivity contribution < 1.29 is 17.9 Å². The summed E-state index contributed by atoms with van der Waals surface area (Å²) in [5.41, 5.74) is 6.96. The predicted octanol–water partition coefficient (Wildman–Crippen LogP) is 7.59. The van der Waals surface area contributed by atoms with Crippen molar-refractivity contribution in [2.45, 2.75) is 52.1 Å². The number of alkyl halides is 2. The van der Waals surface area contributed by atoms with Gasteiger partial charge in [-0.2, -0.15) is 8.78 Å². The molecule has 0 radical (unpaired) electrons. The molecule has 0 saturated heterocycles. The second-order valence-corrected chi connectivity index (χ2v) is 7.84. The number of halogens is 3. The van der Waals surface area contributed by atoms with Crippen LogP contribution < -0.4 is 4.74 Å². The molecule has 0 atom stereocenters. The Labute approximate surface area is 175 Å². The first kappa shape index (κ1) is 20.5. The van der Waals surface area contributed by atoms with Crippen LogP contribution in [0.2, 0.25) is 0 Å². The van der Waals surface area contributed by atoms with Gasteiger partial charge < -0.3 is 4.74 Å². The van der Waals surface area contributed by atoms with Crippen LogP contribution in [0.15, 0.2) is 54.6 Å². The van der Waals surface area contributed by atoms with Crippen molar-refractivity contribution in [3.63, 3.8) is 0 Å². The monoisotopic (exact) mass is 410 g/mol. The molecular weight excluding hydrogens is 385 g/mol. The zero-order valence-corrected chi connectivity index (χ0v) is 17.1. The van der Waals surface area contributed by atoms with E-state index >= 15 is 4.39 Å². The van der Waals surface area contributed by atoms with Crippen LogP contribution in [-0.4, -0.2) is 6.61 Å². The Bertz CT molecular complexity index is 1030. The molecule has 4 heteroatoms. The second-order valence-electron chi connectivity index (χ2n) is 7.84. The number of fused-ring (bicyclic) bond motifs is 3. The van der Waals surface area contributed by atoms with Gasteiger partial charge in [0.15, 0.2) is 0 Å². The fourth-order valence-electron chi connectivity index (χ4n) is 4.23. The third-order valence-corrected chi connectivity index (χ3v) is 5.78. The lowest BCUT2D eigenvalue weighted by Gasteiger charge is -2.22. The van der Waals surface area contributed by atoms with E-state index in [2.05, 4.69) is 29.9 Å². The van der Waals surface area contributed by atoms with Crippen LogP contribution in [0.4, 0.5) is 13.2 Å². The molecule has 0 heterocycles. The van der Waals surface area contributed by atoms with Crippen LogP contribution in [0.25, 0.3) is 22.3 Å². The van der Waals surface area contributed by atoms with Crippen molar-refractivity contribution >= 4 is 0 Å². The molecule has 0 saturated carbocycles. The first-order valence-electron chi connectivity index (χ1n) is 10.5. The fraction of sp³-hybridized carbons (Fsp3) is 0.308. The number of unbranched alkanes of at least 4 members (excludes halogenated alkanes) is 2. The SMILES string of the molecule is CCCCCc1ccc2c(c1)CCc1cc(-c3ccc(OC(F)F)cc3)c(F)cc1-2. The molecule has 0 spiro atoms. The van der Waals surface area contributed by atoms with Gasteiger partial charge in [0.2, 0.25) is 0 Å². The van der Waals surface area contributed by atoms with Gasteiger partial charge in [-0.1, -0.05) is 50.1 Å². The normalized spacial score (nSPS) is 12.6. The summed E-state index contributed by atoms with van der Waals surface area (Å²) in [4.78, 5) is 0. The number of aryl methyl sites for hydroxylation is 3. The van der Waals surface area contributed by atoms with Gasteiger partial charge in [-0.3, -0.25) is 0 Å². The van der Waals surface area contributed by atoms with Gasteiger partial charge in [-0.05, 0) is 83.3 Å². The summed E-state index contributed by atoms with van der Waals surface area (Å²) in [5, 5.41) is 0. The van der Waals surface area contributed by atoms with Gasteiger partial charge in [0.05, 0.1) is 0 Å². The smallest absolute Gasteiger partial charge is 0.387 e. The largest absolute Gasteiger partial charge is 0.435 e. The van der Waals surface area contributed by atoms with E-state index in [-0.39, 0.29) is 11.6 Å². The number of hydrogen-bond acceptors (Lipinski definition) is 1. The summed E-state index contributed by atoms with van der Waals surface area (Å²) in [7, 11) is 0. The lowest BCUT2D eigenvalue weighted by molar-refractivity contribution is -0.0498. The number of ether oxygens (including phenoxy) is 1. The molecule has 1 aliphatic rings. The van der Waals surface area contributed by atoms with Gasteiger partial charge in [-0.15, -0.1) is 0 Å². The number of rotatable bonds is 7. The van der Waals surface area contributed by atoms with E-state index in [9.17, 15) is 8.78 Å². The predicted molar refractivity (Wildman–Crippen MR) is 115 cm³/mol. The Morgan fingerprint density at radius 2 is 1.57 bits per heavy atom. The summed E-state index contributed by atoms with van der Waals surface area (Å²) in [6, 6.07) is 16.2. The maximum absolute atomic E-state index is 15.0. The number of benzene rings is 3. The van der Waals surface area contributed by atoms with Crippen LogP contribution in [0.1, 0.15) is 42.9 Å². The molecule has 0 aromatic heterocycles. The minimum absolute atomic E-state index is 0.0655. The van der Waals surface area contributed by atoms with E-state index in [1.54, 1.807) is 18.2 Å². The quantitative estimate of drug-likeness (QED) is 0.365. The van der Waals surface area contributed by atoms with Crippen molar-refractivity contribution in [2.75, 3.05) is 0 Å². The maximum Gasteiger partial charge on any atom is 0.387 e. The standard InChI is InChI=1S/C26H25F3O/c1-2-3-4-5-17-6-13-22-19(14-17)7-8-20-15-24(25(27)16-23(20)22)18-9-11-21(12-10-18)30-26(28)29/h6,9-16,26H,2-5,7-8H2,1H3. The molecule has 0 bridgehead atoms. The van der Waals surface area contributed by atoms with E-state index in [4.69, 9.17) is 0 Å². The summed E-state index contributed by atoms with van der Waals surface area (Å²) in [5.74, 6) is -0.244. The Morgan fingerprint density at radius 3 is 2.27 bits per heavy atom. The molecule has 0 unspecified atom stereocenters. The van der Waals surface area contributed by atoms with Crippen molar-refractivity contribution in [1.29, 1.82) is 0 Å². The summed E-state index contributed by atoms with van der Waals surface area (Å²) < 4.78 is 44.1. The maximum atomic E-state index is 15.0. The fourth-order valence-corrected chi connectivity index (χ4v) is 4.23. The van der Waals surface area contributed by atoms with Crippen molar-refractivity contribution in [1.82, 2.24) is 0 Å². The molecule has 0 fully saturated rings. The van der Waals surface area contributed by atoms with Gasteiger partial charge in [-0.25, -0.2) is 4.39 Å². The van der Waals surface area contributed by atoms with Gasteiger partial charge >= 0.3 is 6.61 Å². The highest BCUT2D eigenvalue weighted by Gasteiger charge is 2.20. The highest BCUT2D eigenvalue weighted by atomic mass is 19.3. The minimum Gasteiger partial charge on any atom is -0.435 e. The van der Waals surface area contributed by atoms with Crippen molar-refractivity contribution in [3.8, 4) is 28.0 Å². The summed E-state index contributed by atoms with van der Waals surface area (Å²) in [6.07, 6.45) is 6.54. The Kier molecular flexibility index (Phi) is 6.12. The van der Waals surface area contributed by atoms with E-state index in [1.165, 1.54) is 42.5 Å². The Balaban J connectivity index is 1.62. The highest BCUT2D eigenvalue weighted by Crippen LogP contribution is 2.38. The van der Waals surface area contributed by atoms with E-state index in [0.717, 1.165) is 36.0 Å². The van der Waals surface area contributed by atoms with Crippen LogP contribution >= 0.6 is 0 Å². The molecule has 3 aromatic carbocycles. The average Bonchev–Trinajstić information content (AvgIpc) is 2.73. The van der Waals surface area contributed by atoms with E-state index in [0.29, 0.717) is 11.1 Å². The molecular formula is C26H25F3O.